The van der Waals surface area contributed by atoms with Gasteiger partial charge in [0.25, 0.3) is 0 Å². The first kappa shape index (κ1) is 12.2. The molecule has 1 nitrogen and oxygen atoms in total. The Morgan fingerprint density at radius 3 is 2.67 bits per heavy atom. The third-order valence-corrected chi connectivity index (χ3v) is 2.71. The molecule has 0 fully saturated rings. The fourth-order valence-electron chi connectivity index (χ4n) is 1.61. The SMILES string of the molecule is CCC(CC(=O)Cl)c1ccc(F)c(C)c1. The van der Waals surface area contributed by atoms with Crippen LogP contribution in [0, 0.1) is 12.7 Å². The standard InChI is InChI=1S/C12H14ClFO/c1-3-9(7-12(13)15)10-4-5-11(14)8(2)6-10/h4-6,9H,3,7H2,1-2H3. The monoisotopic (exact) mass is 228 g/mol. The van der Waals surface area contributed by atoms with Crippen LogP contribution in [-0.2, 0) is 4.79 Å². The molecule has 0 aromatic heterocycles. The maximum Gasteiger partial charge on any atom is 0.222 e. The van der Waals surface area contributed by atoms with Crippen LogP contribution in [0.4, 0.5) is 4.39 Å². The van der Waals surface area contributed by atoms with E-state index in [1.54, 1.807) is 19.1 Å². The Morgan fingerprint density at radius 1 is 1.53 bits per heavy atom. The van der Waals surface area contributed by atoms with Gasteiger partial charge in [0.15, 0.2) is 0 Å². The number of carbonyl (C=O) groups excluding carboxylic acids is 1. The lowest BCUT2D eigenvalue weighted by molar-refractivity contribution is -0.112. The van der Waals surface area contributed by atoms with Crippen molar-refractivity contribution >= 4 is 16.8 Å². The van der Waals surface area contributed by atoms with E-state index in [1.165, 1.54) is 6.07 Å². The maximum atomic E-state index is 13.0. The molecular formula is C12H14ClFO. The van der Waals surface area contributed by atoms with Gasteiger partial charge < -0.3 is 0 Å². The Kier molecular flexibility index (Phi) is 4.28. The van der Waals surface area contributed by atoms with E-state index in [2.05, 4.69) is 0 Å². The minimum absolute atomic E-state index is 0.0919. The second kappa shape index (κ2) is 5.26. The van der Waals surface area contributed by atoms with Gasteiger partial charge in [0.2, 0.25) is 5.24 Å². The molecule has 1 rings (SSSR count). The van der Waals surface area contributed by atoms with Gasteiger partial charge in [-0.3, -0.25) is 4.79 Å². The van der Waals surface area contributed by atoms with Crippen LogP contribution in [0.1, 0.15) is 36.8 Å². The van der Waals surface area contributed by atoms with Crippen molar-refractivity contribution in [3.05, 3.63) is 35.1 Å². The van der Waals surface area contributed by atoms with Crippen LogP contribution >= 0.6 is 11.6 Å². The quantitative estimate of drug-likeness (QED) is 0.717. The van der Waals surface area contributed by atoms with Crippen LogP contribution in [-0.4, -0.2) is 5.24 Å². The predicted molar refractivity (Wildman–Crippen MR) is 59.6 cm³/mol. The second-order valence-corrected chi connectivity index (χ2v) is 4.09. The molecule has 0 aliphatic heterocycles. The molecule has 82 valence electrons. The number of benzene rings is 1. The zero-order valence-electron chi connectivity index (χ0n) is 8.89. The second-order valence-electron chi connectivity index (χ2n) is 3.67. The molecule has 1 aromatic rings. The number of carbonyl (C=O) groups is 1. The highest BCUT2D eigenvalue weighted by Gasteiger charge is 2.13. The zero-order chi connectivity index (χ0) is 11.4. The summed E-state index contributed by atoms with van der Waals surface area (Å²) in [6.07, 6.45) is 1.13. The van der Waals surface area contributed by atoms with Crippen molar-refractivity contribution in [2.75, 3.05) is 0 Å². The lowest BCUT2D eigenvalue weighted by Crippen LogP contribution is -2.02. The van der Waals surface area contributed by atoms with Crippen LogP contribution in [0.2, 0.25) is 0 Å². The highest BCUT2D eigenvalue weighted by molar-refractivity contribution is 6.63. The highest BCUT2D eigenvalue weighted by atomic mass is 35.5. The van der Waals surface area contributed by atoms with E-state index in [9.17, 15) is 9.18 Å². The van der Waals surface area contributed by atoms with Crippen LogP contribution in [0.15, 0.2) is 18.2 Å². The molecule has 0 saturated heterocycles. The van der Waals surface area contributed by atoms with Crippen LogP contribution < -0.4 is 0 Å². The molecule has 0 amide bonds. The summed E-state index contributed by atoms with van der Waals surface area (Å²) in [7, 11) is 0. The van der Waals surface area contributed by atoms with Gasteiger partial charge in [-0.2, -0.15) is 0 Å². The average Bonchev–Trinajstić information content (AvgIpc) is 2.18. The minimum atomic E-state index is -0.344. The van der Waals surface area contributed by atoms with E-state index in [1.807, 2.05) is 6.92 Å². The largest absolute Gasteiger partial charge is 0.281 e. The van der Waals surface area contributed by atoms with Gasteiger partial charge >= 0.3 is 0 Å². The number of rotatable bonds is 4. The third kappa shape index (κ3) is 3.31. The van der Waals surface area contributed by atoms with E-state index in [-0.39, 0.29) is 17.0 Å². The topological polar surface area (TPSA) is 17.1 Å². The molecular weight excluding hydrogens is 215 g/mol. The smallest absolute Gasteiger partial charge is 0.222 e. The molecule has 1 atom stereocenters. The Morgan fingerprint density at radius 2 is 2.20 bits per heavy atom. The fraction of sp³-hybridized carbons (Fsp3) is 0.417. The Bertz CT molecular complexity index is 363. The van der Waals surface area contributed by atoms with E-state index in [0.717, 1.165) is 12.0 Å². The molecule has 0 spiro atoms. The lowest BCUT2D eigenvalue weighted by Gasteiger charge is -2.13. The number of aryl methyl sites for hydroxylation is 1. The van der Waals surface area contributed by atoms with Gasteiger partial charge in [0.1, 0.15) is 5.82 Å². The molecule has 0 aliphatic carbocycles. The van der Waals surface area contributed by atoms with Crippen LogP contribution in [0.25, 0.3) is 0 Å². The van der Waals surface area contributed by atoms with Crippen molar-refractivity contribution in [1.29, 1.82) is 0 Å². The lowest BCUT2D eigenvalue weighted by atomic mass is 9.92. The average molecular weight is 229 g/mol. The molecule has 0 aliphatic rings. The van der Waals surface area contributed by atoms with E-state index >= 15 is 0 Å². The fourth-order valence-corrected chi connectivity index (χ4v) is 1.80. The molecule has 0 radical (unpaired) electrons. The Hall–Kier alpha value is -0.890. The summed E-state index contributed by atoms with van der Waals surface area (Å²) in [6, 6.07) is 4.94. The van der Waals surface area contributed by atoms with Gasteiger partial charge in [-0.1, -0.05) is 19.1 Å². The first-order valence-electron chi connectivity index (χ1n) is 4.99. The molecule has 3 heteroatoms. The van der Waals surface area contributed by atoms with Crippen LogP contribution in [0.3, 0.4) is 0 Å². The van der Waals surface area contributed by atoms with Gasteiger partial charge in [0, 0.05) is 6.42 Å². The Balaban J connectivity index is 2.92. The molecule has 0 heterocycles. The van der Waals surface area contributed by atoms with Gasteiger partial charge in [-0.15, -0.1) is 0 Å². The van der Waals surface area contributed by atoms with Gasteiger partial charge in [0.05, 0.1) is 0 Å². The van der Waals surface area contributed by atoms with Crippen molar-refractivity contribution in [1.82, 2.24) is 0 Å². The zero-order valence-corrected chi connectivity index (χ0v) is 9.64. The van der Waals surface area contributed by atoms with E-state index in [0.29, 0.717) is 12.0 Å². The van der Waals surface area contributed by atoms with Crippen molar-refractivity contribution in [2.45, 2.75) is 32.6 Å². The molecule has 0 saturated carbocycles. The first-order chi connectivity index (χ1) is 7.04. The summed E-state index contributed by atoms with van der Waals surface area (Å²) < 4.78 is 13.0. The number of halogens is 2. The first-order valence-corrected chi connectivity index (χ1v) is 5.36. The molecule has 0 bridgehead atoms. The number of hydrogen-bond donors (Lipinski definition) is 0. The molecule has 1 aromatic carbocycles. The summed E-state index contributed by atoms with van der Waals surface area (Å²) in [6.45, 7) is 3.71. The third-order valence-electron chi connectivity index (χ3n) is 2.55. The van der Waals surface area contributed by atoms with Crippen molar-refractivity contribution in [3.8, 4) is 0 Å². The predicted octanol–water partition coefficient (Wildman–Crippen LogP) is 3.78. The Labute approximate surface area is 94.3 Å². The molecule has 1 unspecified atom stereocenters. The van der Waals surface area contributed by atoms with E-state index < -0.39 is 0 Å². The summed E-state index contributed by atoms with van der Waals surface area (Å²) >= 11 is 5.36. The molecule has 0 N–H and O–H groups in total. The van der Waals surface area contributed by atoms with Crippen molar-refractivity contribution < 1.29 is 9.18 Å². The number of hydrogen-bond acceptors (Lipinski definition) is 1. The normalized spacial score (nSPS) is 12.5. The summed E-state index contributed by atoms with van der Waals surface area (Å²) in [5.74, 6) is -0.125. The highest BCUT2D eigenvalue weighted by Crippen LogP contribution is 2.25. The van der Waals surface area contributed by atoms with Gasteiger partial charge in [-0.25, -0.2) is 4.39 Å². The van der Waals surface area contributed by atoms with Crippen molar-refractivity contribution in [3.63, 3.8) is 0 Å². The summed E-state index contributed by atoms with van der Waals surface area (Å²) in [4.78, 5) is 10.8. The van der Waals surface area contributed by atoms with Crippen LogP contribution in [0.5, 0.6) is 0 Å². The van der Waals surface area contributed by atoms with Crippen molar-refractivity contribution in [2.24, 2.45) is 0 Å². The van der Waals surface area contributed by atoms with Gasteiger partial charge in [-0.05, 0) is 48.1 Å². The minimum Gasteiger partial charge on any atom is -0.281 e. The molecule has 15 heavy (non-hydrogen) atoms. The maximum absolute atomic E-state index is 13.0. The summed E-state index contributed by atoms with van der Waals surface area (Å²) in [5, 5.41) is -0.344. The summed E-state index contributed by atoms with van der Waals surface area (Å²) in [5.41, 5.74) is 1.58. The van der Waals surface area contributed by atoms with E-state index in [4.69, 9.17) is 11.6 Å².